The van der Waals surface area contributed by atoms with Gasteiger partial charge in [-0.2, -0.15) is 0 Å². The molecule has 6 N–H and O–H groups in total. The Hall–Kier alpha value is -2.36. The predicted octanol–water partition coefficient (Wildman–Crippen LogP) is 4.57. The van der Waals surface area contributed by atoms with Crippen molar-refractivity contribution in [2.24, 2.45) is 0 Å². The van der Waals surface area contributed by atoms with Crippen LogP contribution >= 0.6 is 0 Å². The number of rotatable bonds is 6. The molecule has 126 valence electrons. The Labute approximate surface area is 140 Å². The van der Waals surface area contributed by atoms with Crippen molar-refractivity contribution in [2.45, 2.75) is 39.7 Å². The van der Waals surface area contributed by atoms with Crippen LogP contribution in [0.4, 0.5) is 22.7 Å². The Morgan fingerprint density at radius 2 is 1.39 bits per heavy atom. The van der Waals surface area contributed by atoms with Gasteiger partial charge in [-0.15, -0.1) is 0 Å². The quantitative estimate of drug-likeness (QED) is 0.465. The van der Waals surface area contributed by atoms with Crippen molar-refractivity contribution >= 4 is 22.7 Å². The number of anilines is 4. The van der Waals surface area contributed by atoms with Gasteiger partial charge >= 0.3 is 0 Å². The Balaban J connectivity index is 0.000000231. The maximum absolute atomic E-state index is 5.74. The standard InChI is InChI=1S/C10H16N2.C9H14N2/c1-2-3-8-12-10-7-5-4-6-9(10)11;1-7(2)11-9-6-4-3-5-8(9)10/h4-7,12H,2-3,8,11H2,1H3;3-7,11H,10H2,1-2H3. The summed E-state index contributed by atoms with van der Waals surface area (Å²) in [6.07, 6.45) is 2.40. The highest BCUT2D eigenvalue weighted by Crippen LogP contribution is 2.17. The van der Waals surface area contributed by atoms with Crippen molar-refractivity contribution in [3.8, 4) is 0 Å². The van der Waals surface area contributed by atoms with E-state index >= 15 is 0 Å². The van der Waals surface area contributed by atoms with Gasteiger partial charge in [-0.25, -0.2) is 0 Å². The molecule has 0 fully saturated rings. The number of nitrogen functional groups attached to an aromatic ring is 2. The first-order valence-corrected chi connectivity index (χ1v) is 8.24. The highest BCUT2D eigenvalue weighted by Gasteiger charge is 1.97. The van der Waals surface area contributed by atoms with Crippen LogP contribution in [-0.4, -0.2) is 12.6 Å². The van der Waals surface area contributed by atoms with Crippen LogP contribution in [0.3, 0.4) is 0 Å². The van der Waals surface area contributed by atoms with Crippen LogP contribution in [0.25, 0.3) is 0 Å². The Morgan fingerprint density at radius 3 is 1.87 bits per heavy atom. The highest BCUT2D eigenvalue weighted by atomic mass is 14.9. The third-order valence-corrected chi connectivity index (χ3v) is 3.21. The SMILES string of the molecule is CC(C)Nc1ccccc1N.CCCCNc1ccccc1N. The van der Waals surface area contributed by atoms with E-state index in [1.165, 1.54) is 12.8 Å². The van der Waals surface area contributed by atoms with Crippen molar-refractivity contribution in [2.75, 3.05) is 28.6 Å². The molecule has 0 unspecified atom stereocenters. The Kier molecular flexibility index (Phi) is 8.43. The highest BCUT2D eigenvalue weighted by molar-refractivity contribution is 5.66. The number of unbranched alkanes of at least 4 members (excludes halogenated alkanes) is 1. The van der Waals surface area contributed by atoms with Gasteiger partial charge in [-0.1, -0.05) is 37.6 Å². The van der Waals surface area contributed by atoms with Crippen molar-refractivity contribution in [1.82, 2.24) is 0 Å². The molecule has 0 aliphatic carbocycles. The maximum Gasteiger partial charge on any atom is 0.0575 e. The minimum absolute atomic E-state index is 0.430. The lowest BCUT2D eigenvalue weighted by molar-refractivity contribution is 0.834. The first kappa shape index (κ1) is 18.7. The third-order valence-electron chi connectivity index (χ3n) is 3.21. The number of benzene rings is 2. The molecular weight excluding hydrogens is 284 g/mol. The molecule has 0 amide bonds. The van der Waals surface area contributed by atoms with Crippen LogP contribution in [-0.2, 0) is 0 Å². The summed E-state index contributed by atoms with van der Waals surface area (Å²) in [6, 6.07) is 16.1. The minimum Gasteiger partial charge on any atom is -0.397 e. The zero-order valence-corrected chi connectivity index (χ0v) is 14.5. The van der Waals surface area contributed by atoms with Gasteiger partial charge in [-0.3, -0.25) is 0 Å². The van der Waals surface area contributed by atoms with Gasteiger partial charge in [0.15, 0.2) is 0 Å². The summed E-state index contributed by atoms with van der Waals surface area (Å²) >= 11 is 0. The van der Waals surface area contributed by atoms with Gasteiger partial charge in [0.05, 0.1) is 22.7 Å². The largest absolute Gasteiger partial charge is 0.397 e. The smallest absolute Gasteiger partial charge is 0.0575 e. The number of nitrogens with two attached hydrogens (primary N) is 2. The molecule has 2 aromatic rings. The normalized spacial score (nSPS) is 9.91. The molecule has 2 aromatic carbocycles. The van der Waals surface area contributed by atoms with Gasteiger partial charge in [0, 0.05) is 12.6 Å². The molecule has 0 saturated heterocycles. The lowest BCUT2D eigenvalue weighted by Crippen LogP contribution is -2.10. The molecular formula is C19H30N4. The molecule has 0 aromatic heterocycles. The van der Waals surface area contributed by atoms with Crippen LogP contribution in [0.1, 0.15) is 33.6 Å². The van der Waals surface area contributed by atoms with Crippen molar-refractivity contribution in [3.05, 3.63) is 48.5 Å². The average Bonchev–Trinajstić information content (AvgIpc) is 2.52. The molecule has 0 bridgehead atoms. The molecule has 0 radical (unpaired) electrons. The summed E-state index contributed by atoms with van der Waals surface area (Å²) in [7, 11) is 0. The molecule has 4 nitrogen and oxygen atoms in total. The number of nitrogens with one attached hydrogen (secondary N) is 2. The second kappa shape index (κ2) is 10.4. The molecule has 0 heterocycles. The summed E-state index contributed by atoms with van der Waals surface area (Å²) in [5.74, 6) is 0. The molecule has 0 atom stereocenters. The van der Waals surface area contributed by atoms with Crippen molar-refractivity contribution in [3.63, 3.8) is 0 Å². The topological polar surface area (TPSA) is 76.1 Å². The fraction of sp³-hybridized carbons (Fsp3) is 0.368. The summed E-state index contributed by atoms with van der Waals surface area (Å²) in [5.41, 5.74) is 15.1. The van der Waals surface area contributed by atoms with Gasteiger partial charge in [0.2, 0.25) is 0 Å². The summed E-state index contributed by atoms with van der Waals surface area (Å²) < 4.78 is 0. The zero-order chi connectivity index (χ0) is 17.1. The van der Waals surface area contributed by atoms with Gasteiger partial charge in [0.25, 0.3) is 0 Å². The predicted molar refractivity (Wildman–Crippen MR) is 104 cm³/mol. The van der Waals surface area contributed by atoms with E-state index in [4.69, 9.17) is 11.5 Å². The van der Waals surface area contributed by atoms with Crippen molar-refractivity contribution < 1.29 is 0 Å². The lowest BCUT2D eigenvalue weighted by Gasteiger charge is -2.11. The Morgan fingerprint density at radius 1 is 0.870 bits per heavy atom. The summed E-state index contributed by atoms with van der Waals surface area (Å²) in [6.45, 7) is 7.36. The van der Waals surface area contributed by atoms with Crippen LogP contribution in [0.2, 0.25) is 0 Å². The van der Waals surface area contributed by atoms with Crippen LogP contribution in [0.15, 0.2) is 48.5 Å². The lowest BCUT2D eigenvalue weighted by atomic mass is 10.2. The number of hydrogen-bond acceptors (Lipinski definition) is 4. The summed E-state index contributed by atoms with van der Waals surface area (Å²) in [4.78, 5) is 0. The molecule has 4 heteroatoms. The van der Waals surface area contributed by atoms with Crippen molar-refractivity contribution in [1.29, 1.82) is 0 Å². The maximum atomic E-state index is 5.74. The molecule has 0 spiro atoms. The molecule has 2 rings (SSSR count). The van der Waals surface area contributed by atoms with E-state index in [0.717, 1.165) is 29.3 Å². The molecule has 0 aliphatic heterocycles. The van der Waals surface area contributed by atoms with Crippen LogP contribution in [0.5, 0.6) is 0 Å². The van der Waals surface area contributed by atoms with Gasteiger partial charge in [-0.05, 0) is 44.5 Å². The first-order chi connectivity index (χ1) is 11.0. The van der Waals surface area contributed by atoms with E-state index in [1.54, 1.807) is 0 Å². The number of hydrogen-bond donors (Lipinski definition) is 4. The van der Waals surface area contributed by atoms with Gasteiger partial charge in [0.1, 0.15) is 0 Å². The van der Waals surface area contributed by atoms with E-state index in [0.29, 0.717) is 6.04 Å². The Bertz CT molecular complexity index is 567. The monoisotopic (exact) mass is 314 g/mol. The minimum atomic E-state index is 0.430. The number of para-hydroxylation sites is 4. The zero-order valence-electron chi connectivity index (χ0n) is 14.5. The second-order valence-electron chi connectivity index (χ2n) is 5.75. The van der Waals surface area contributed by atoms with E-state index in [2.05, 4.69) is 31.4 Å². The van der Waals surface area contributed by atoms with E-state index in [9.17, 15) is 0 Å². The molecule has 23 heavy (non-hydrogen) atoms. The first-order valence-electron chi connectivity index (χ1n) is 8.24. The van der Waals surface area contributed by atoms with E-state index in [-0.39, 0.29) is 0 Å². The third kappa shape index (κ3) is 7.45. The fourth-order valence-corrected chi connectivity index (χ4v) is 2.00. The van der Waals surface area contributed by atoms with E-state index in [1.807, 2.05) is 48.5 Å². The molecule has 0 saturated carbocycles. The van der Waals surface area contributed by atoms with Gasteiger partial charge < -0.3 is 22.1 Å². The average molecular weight is 314 g/mol. The fourth-order valence-electron chi connectivity index (χ4n) is 2.00. The molecule has 0 aliphatic rings. The van der Waals surface area contributed by atoms with E-state index < -0.39 is 0 Å². The summed E-state index contributed by atoms with van der Waals surface area (Å²) in [5, 5.41) is 6.54. The van der Waals surface area contributed by atoms with Crippen LogP contribution in [0, 0.1) is 0 Å². The van der Waals surface area contributed by atoms with Crippen LogP contribution < -0.4 is 22.1 Å². The second-order valence-corrected chi connectivity index (χ2v) is 5.75.